The summed E-state index contributed by atoms with van der Waals surface area (Å²) in [6.07, 6.45) is 1.07. The number of fused-ring (bicyclic) bond motifs is 1. The number of esters is 2. The number of methoxy groups -OCH3 is 1. The van der Waals surface area contributed by atoms with Gasteiger partial charge in [0.2, 0.25) is 11.7 Å². The number of benzene rings is 2. The molecular formula is C33H40N4O8. The minimum Gasteiger partial charge on any atom is -0.465 e. The summed E-state index contributed by atoms with van der Waals surface area (Å²) >= 11 is 0. The Morgan fingerprint density at radius 1 is 1.04 bits per heavy atom. The van der Waals surface area contributed by atoms with E-state index in [2.05, 4.69) is 4.98 Å². The molecule has 3 amide bonds. The number of imide groups is 1. The second-order valence-electron chi connectivity index (χ2n) is 11.8. The number of hydrogen-bond acceptors (Lipinski definition) is 10. The molecule has 2 aromatic carbocycles. The van der Waals surface area contributed by atoms with Crippen LogP contribution < -0.4 is 5.73 Å². The molecule has 2 N–H and O–H groups in total. The Hall–Kier alpha value is -4.58. The van der Waals surface area contributed by atoms with E-state index in [0.29, 0.717) is 12.8 Å². The molecule has 12 nitrogen and oxygen atoms in total. The van der Waals surface area contributed by atoms with E-state index in [1.807, 2.05) is 30.3 Å². The molecule has 2 heterocycles. The summed E-state index contributed by atoms with van der Waals surface area (Å²) in [5, 5.41) is 0. The van der Waals surface area contributed by atoms with Gasteiger partial charge in [-0.1, -0.05) is 58.0 Å². The Balaban J connectivity index is 1.62. The fourth-order valence-corrected chi connectivity index (χ4v) is 5.35. The molecule has 0 radical (unpaired) electrons. The van der Waals surface area contributed by atoms with E-state index in [1.54, 1.807) is 27.7 Å². The molecule has 1 aliphatic heterocycles. The van der Waals surface area contributed by atoms with Gasteiger partial charge in [0.15, 0.2) is 5.58 Å². The van der Waals surface area contributed by atoms with E-state index in [-0.39, 0.29) is 48.0 Å². The molecule has 4 rings (SSSR count). The van der Waals surface area contributed by atoms with E-state index in [1.165, 1.54) is 30.2 Å². The first-order valence-electron chi connectivity index (χ1n) is 15.0. The largest absolute Gasteiger partial charge is 0.465 e. The molecule has 1 saturated heterocycles. The predicted molar refractivity (Wildman–Crippen MR) is 164 cm³/mol. The monoisotopic (exact) mass is 620 g/mol. The van der Waals surface area contributed by atoms with Crippen molar-refractivity contribution in [3.05, 3.63) is 65.5 Å². The average Bonchev–Trinajstić information content (AvgIpc) is 3.68. The fraction of sp³-hybridized carbons (Fsp3) is 0.455. The molecule has 0 saturated carbocycles. The Morgan fingerprint density at radius 3 is 2.40 bits per heavy atom. The van der Waals surface area contributed by atoms with Crippen LogP contribution in [0.25, 0.3) is 11.1 Å². The van der Waals surface area contributed by atoms with Gasteiger partial charge < -0.3 is 24.5 Å². The smallest absolute Gasteiger partial charge is 0.337 e. The summed E-state index contributed by atoms with van der Waals surface area (Å²) in [6.45, 7) is 7.30. The number of nitrogens with two attached hydrogens (primary N) is 1. The third-order valence-corrected chi connectivity index (χ3v) is 7.91. The first-order valence-corrected chi connectivity index (χ1v) is 15.0. The molecule has 0 bridgehead atoms. The number of oxazole rings is 1. The average molecular weight is 621 g/mol. The lowest BCUT2D eigenvalue weighted by atomic mass is 9.95. The van der Waals surface area contributed by atoms with Crippen LogP contribution in [0.3, 0.4) is 0 Å². The third kappa shape index (κ3) is 7.56. The highest BCUT2D eigenvalue weighted by Crippen LogP contribution is 2.28. The zero-order valence-electron chi connectivity index (χ0n) is 26.2. The number of rotatable bonds is 11. The number of ketones is 1. The van der Waals surface area contributed by atoms with E-state index < -0.39 is 53.7 Å². The van der Waals surface area contributed by atoms with Crippen molar-refractivity contribution in [1.82, 2.24) is 14.8 Å². The number of nitrogens with zero attached hydrogens (tertiary/aromatic N) is 3. The Bertz CT molecular complexity index is 1550. The van der Waals surface area contributed by atoms with E-state index in [0.717, 1.165) is 10.5 Å². The quantitative estimate of drug-likeness (QED) is 0.241. The van der Waals surface area contributed by atoms with Crippen molar-refractivity contribution < 1.29 is 37.9 Å². The second kappa shape index (κ2) is 14.5. The van der Waals surface area contributed by atoms with Crippen LogP contribution in [-0.4, -0.2) is 76.2 Å². The van der Waals surface area contributed by atoms with Crippen molar-refractivity contribution in [2.45, 2.75) is 71.7 Å². The zero-order chi connectivity index (χ0) is 32.8. The maximum absolute atomic E-state index is 14.3. The molecule has 0 spiro atoms. The molecular weight excluding hydrogens is 580 g/mol. The number of carbonyl (C=O) groups excluding carboxylic acids is 5. The van der Waals surface area contributed by atoms with Crippen LogP contribution in [0.15, 0.2) is 52.9 Å². The van der Waals surface area contributed by atoms with Crippen molar-refractivity contribution in [2.24, 2.45) is 17.6 Å². The van der Waals surface area contributed by atoms with Crippen molar-refractivity contribution in [2.75, 3.05) is 13.7 Å². The number of Topliss-reactive ketones (excluding diaryl/α,β-unsaturated/α-hetero) is 1. The number of urea groups is 1. The third-order valence-electron chi connectivity index (χ3n) is 7.91. The first kappa shape index (κ1) is 33.3. The Labute approximate surface area is 261 Å². The fourth-order valence-electron chi connectivity index (χ4n) is 5.35. The standard InChI is InChI=1S/C33H40N4O8/c1-19(2)27(34)31(40)37(33(42)36-15-9-12-23(36)17-26(38)44-18-21-10-7-6-8-11-21)28(20(3)4)29(39)30-35-24-16-22(32(41)43-5)13-14-25(24)45-30/h6-8,10-11,13-14,16,19-20,23,27-28H,9,12,15,17-18,34H2,1-5H3/t23?,27-,28-/m0/s1. The Kier molecular flexibility index (Phi) is 10.7. The maximum Gasteiger partial charge on any atom is 0.337 e. The molecule has 240 valence electrons. The molecule has 1 aliphatic rings. The van der Waals surface area contributed by atoms with Crippen LogP contribution in [0, 0.1) is 11.8 Å². The van der Waals surface area contributed by atoms with Crippen LogP contribution in [0.4, 0.5) is 4.79 Å². The molecule has 3 aromatic rings. The minimum atomic E-state index is -1.31. The highest BCUT2D eigenvalue weighted by atomic mass is 16.5. The van der Waals surface area contributed by atoms with Gasteiger partial charge in [-0.15, -0.1) is 0 Å². The number of ether oxygens (including phenoxy) is 2. The summed E-state index contributed by atoms with van der Waals surface area (Å²) in [5.74, 6) is -3.69. The normalized spacial score (nSPS) is 16.1. The minimum absolute atomic E-state index is 0.0647. The highest BCUT2D eigenvalue weighted by molar-refractivity contribution is 6.07. The number of hydrogen-bond donors (Lipinski definition) is 1. The van der Waals surface area contributed by atoms with Gasteiger partial charge in [0.1, 0.15) is 18.2 Å². The van der Waals surface area contributed by atoms with Crippen LogP contribution in [0.2, 0.25) is 0 Å². The summed E-state index contributed by atoms with van der Waals surface area (Å²) < 4.78 is 16.0. The van der Waals surface area contributed by atoms with Crippen molar-refractivity contribution in [3.63, 3.8) is 0 Å². The second-order valence-corrected chi connectivity index (χ2v) is 11.8. The van der Waals surface area contributed by atoms with Crippen LogP contribution in [-0.2, 0) is 25.7 Å². The summed E-state index contributed by atoms with van der Waals surface area (Å²) in [6, 6.07) is 10.0. The summed E-state index contributed by atoms with van der Waals surface area (Å²) in [7, 11) is 1.25. The van der Waals surface area contributed by atoms with Crippen molar-refractivity contribution in [1.29, 1.82) is 0 Å². The predicted octanol–water partition coefficient (Wildman–Crippen LogP) is 4.35. The van der Waals surface area contributed by atoms with E-state index in [4.69, 9.17) is 19.6 Å². The number of likely N-dealkylation sites (tertiary alicyclic amines) is 1. The Morgan fingerprint density at radius 2 is 1.76 bits per heavy atom. The van der Waals surface area contributed by atoms with Crippen molar-refractivity contribution in [3.8, 4) is 0 Å². The lowest BCUT2D eigenvalue weighted by Crippen LogP contribution is -2.60. The van der Waals surface area contributed by atoms with Gasteiger partial charge in [-0.2, -0.15) is 0 Å². The molecule has 0 aliphatic carbocycles. The molecule has 45 heavy (non-hydrogen) atoms. The van der Waals surface area contributed by atoms with E-state index >= 15 is 0 Å². The number of carbonyl (C=O) groups is 5. The van der Waals surface area contributed by atoms with Crippen LogP contribution in [0.1, 0.15) is 73.6 Å². The molecule has 3 atom stereocenters. The van der Waals surface area contributed by atoms with Gasteiger partial charge in [-0.05, 0) is 48.4 Å². The van der Waals surface area contributed by atoms with Gasteiger partial charge in [0.05, 0.1) is 25.1 Å². The maximum atomic E-state index is 14.3. The summed E-state index contributed by atoms with van der Waals surface area (Å²) in [4.78, 5) is 73.6. The molecule has 12 heteroatoms. The lowest BCUT2D eigenvalue weighted by molar-refractivity contribution is -0.146. The van der Waals surface area contributed by atoms with Gasteiger partial charge in [-0.25, -0.2) is 14.6 Å². The lowest BCUT2D eigenvalue weighted by Gasteiger charge is -2.37. The van der Waals surface area contributed by atoms with Gasteiger partial charge in [0, 0.05) is 12.6 Å². The van der Waals surface area contributed by atoms with Gasteiger partial charge in [0.25, 0.3) is 5.89 Å². The molecule has 1 aromatic heterocycles. The highest BCUT2D eigenvalue weighted by Gasteiger charge is 2.45. The van der Waals surface area contributed by atoms with E-state index in [9.17, 15) is 24.0 Å². The van der Waals surface area contributed by atoms with Crippen LogP contribution in [0.5, 0.6) is 0 Å². The zero-order valence-corrected chi connectivity index (χ0v) is 26.2. The van der Waals surface area contributed by atoms with Gasteiger partial charge >= 0.3 is 18.0 Å². The SMILES string of the molecule is COC(=O)c1ccc2oc(C(=O)[C@H](C(C)C)N(C(=O)[C@@H](N)C(C)C)C(=O)N3CCCC3CC(=O)OCc3ccccc3)nc2c1. The molecule has 1 unspecified atom stereocenters. The first-order chi connectivity index (χ1) is 21.4. The number of aromatic nitrogens is 1. The number of amides is 3. The van der Waals surface area contributed by atoms with Crippen molar-refractivity contribution >= 4 is 40.8 Å². The summed E-state index contributed by atoms with van der Waals surface area (Å²) in [5.41, 5.74) is 7.81. The van der Waals surface area contributed by atoms with Crippen LogP contribution >= 0.6 is 0 Å². The topological polar surface area (TPSA) is 162 Å². The van der Waals surface area contributed by atoms with Gasteiger partial charge in [-0.3, -0.25) is 19.3 Å². The molecule has 1 fully saturated rings.